The molecule has 0 bridgehead atoms. The van der Waals surface area contributed by atoms with Crippen molar-refractivity contribution in [2.45, 2.75) is 39.0 Å². The minimum Gasteiger partial charge on any atom is -0.466 e. The van der Waals surface area contributed by atoms with E-state index in [9.17, 15) is 9.59 Å². The zero-order valence-electron chi connectivity index (χ0n) is 11.8. The van der Waals surface area contributed by atoms with Gasteiger partial charge in [-0.3, -0.25) is 4.79 Å². The van der Waals surface area contributed by atoms with Crippen LogP contribution in [-0.4, -0.2) is 54.6 Å². The van der Waals surface area contributed by atoms with Gasteiger partial charge in [0, 0.05) is 26.2 Å². The number of esters is 1. The van der Waals surface area contributed by atoms with E-state index in [0.29, 0.717) is 19.7 Å². The predicted molar refractivity (Wildman–Crippen MR) is 71.8 cm³/mol. The second-order valence-corrected chi connectivity index (χ2v) is 5.34. The molecule has 19 heavy (non-hydrogen) atoms. The van der Waals surface area contributed by atoms with Gasteiger partial charge in [-0.15, -0.1) is 0 Å². The Balaban J connectivity index is 1.79. The molecule has 0 radical (unpaired) electrons. The Labute approximate surface area is 114 Å². The van der Waals surface area contributed by atoms with E-state index in [2.05, 4.69) is 0 Å². The fourth-order valence-corrected chi connectivity index (χ4v) is 2.85. The van der Waals surface area contributed by atoms with E-state index >= 15 is 0 Å². The van der Waals surface area contributed by atoms with E-state index in [1.54, 1.807) is 0 Å². The second-order valence-electron chi connectivity index (χ2n) is 5.34. The van der Waals surface area contributed by atoms with Gasteiger partial charge in [0.15, 0.2) is 0 Å². The Kier molecular flexibility index (Phi) is 5.05. The van der Waals surface area contributed by atoms with Crippen molar-refractivity contribution in [2.24, 2.45) is 5.92 Å². The van der Waals surface area contributed by atoms with Gasteiger partial charge in [0.2, 0.25) is 0 Å². The Morgan fingerprint density at radius 1 is 1.00 bits per heavy atom. The Morgan fingerprint density at radius 3 is 2.16 bits per heavy atom. The molecule has 0 atom stereocenters. The van der Waals surface area contributed by atoms with Crippen LogP contribution in [0.15, 0.2) is 0 Å². The molecule has 5 nitrogen and oxygen atoms in total. The quantitative estimate of drug-likeness (QED) is 0.718. The van der Waals surface area contributed by atoms with Gasteiger partial charge >= 0.3 is 12.0 Å². The fraction of sp³-hybridized carbons (Fsp3) is 0.857. The normalized spacial score (nSPS) is 21.3. The minimum atomic E-state index is -0.104. The summed E-state index contributed by atoms with van der Waals surface area (Å²) in [5.74, 6) is -0.127. The first-order valence-electron chi connectivity index (χ1n) is 7.43. The van der Waals surface area contributed by atoms with Crippen LogP contribution in [0.3, 0.4) is 0 Å². The van der Waals surface area contributed by atoms with Crippen molar-refractivity contribution in [1.29, 1.82) is 0 Å². The Bertz CT molecular complexity index is 319. The highest BCUT2D eigenvalue weighted by molar-refractivity contribution is 5.76. The maximum atomic E-state index is 12.3. The van der Waals surface area contributed by atoms with Crippen molar-refractivity contribution >= 4 is 12.0 Å². The lowest BCUT2D eigenvalue weighted by Crippen LogP contribution is -2.49. The van der Waals surface area contributed by atoms with Crippen LogP contribution >= 0.6 is 0 Å². The molecule has 0 N–H and O–H groups in total. The van der Waals surface area contributed by atoms with Gasteiger partial charge in [-0.2, -0.15) is 0 Å². The highest BCUT2D eigenvalue weighted by atomic mass is 16.5. The number of piperidine rings is 2. The molecule has 2 fully saturated rings. The van der Waals surface area contributed by atoms with Crippen LogP contribution in [0, 0.1) is 5.92 Å². The summed E-state index contributed by atoms with van der Waals surface area (Å²) in [6, 6.07) is 0.155. The number of nitrogens with zero attached hydrogens (tertiary/aromatic N) is 2. The highest BCUT2D eigenvalue weighted by Gasteiger charge is 2.30. The van der Waals surface area contributed by atoms with Crippen molar-refractivity contribution in [3.05, 3.63) is 0 Å². The third-order valence-corrected chi connectivity index (χ3v) is 4.01. The van der Waals surface area contributed by atoms with Crippen molar-refractivity contribution in [3.8, 4) is 0 Å². The van der Waals surface area contributed by atoms with Gasteiger partial charge in [0.1, 0.15) is 0 Å². The van der Waals surface area contributed by atoms with E-state index in [0.717, 1.165) is 38.8 Å². The van der Waals surface area contributed by atoms with E-state index in [4.69, 9.17) is 4.74 Å². The monoisotopic (exact) mass is 268 g/mol. The van der Waals surface area contributed by atoms with Crippen molar-refractivity contribution in [1.82, 2.24) is 9.80 Å². The molecule has 2 aliphatic rings. The molecule has 108 valence electrons. The molecule has 0 aromatic carbocycles. The number of likely N-dealkylation sites (tertiary alicyclic amines) is 2. The largest absolute Gasteiger partial charge is 0.466 e. The topological polar surface area (TPSA) is 49.9 Å². The summed E-state index contributed by atoms with van der Waals surface area (Å²) in [7, 11) is 0. The number of urea groups is 1. The minimum absolute atomic E-state index is 0.0228. The number of carbonyl (C=O) groups excluding carboxylic acids is 2. The summed E-state index contributed by atoms with van der Waals surface area (Å²) in [5.41, 5.74) is 0. The molecular weight excluding hydrogens is 244 g/mol. The lowest BCUT2D eigenvalue weighted by molar-refractivity contribution is -0.149. The predicted octanol–water partition coefficient (Wildman–Crippen LogP) is 1.87. The molecule has 0 aliphatic carbocycles. The van der Waals surface area contributed by atoms with Gasteiger partial charge in [-0.05, 0) is 39.0 Å². The number of ether oxygens (including phenoxy) is 1. The third kappa shape index (κ3) is 3.61. The average molecular weight is 268 g/mol. The molecule has 2 saturated heterocycles. The summed E-state index contributed by atoms with van der Waals surface area (Å²) < 4.78 is 5.04. The van der Waals surface area contributed by atoms with Crippen molar-refractivity contribution in [3.63, 3.8) is 0 Å². The molecule has 0 aromatic rings. The van der Waals surface area contributed by atoms with Gasteiger partial charge in [0.25, 0.3) is 0 Å². The number of hydrogen-bond donors (Lipinski definition) is 0. The SMILES string of the molecule is CCOC(=O)C1CCN(C(=O)N2CCCCC2)CC1. The Hall–Kier alpha value is -1.26. The maximum Gasteiger partial charge on any atom is 0.319 e. The molecule has 0 spiro atoms. The molecular formula is C14H24N2O3. The zero-order chi connectivity index (χ0) is 13.7. The standard InChI is InChI=1S/C14H24N2O3/c1-2-19-13(17)12-6-10-16(11-7-12)14(18)15-8-4-3-5-9-15/h12H,2-11H2,1H3. The summed E-state index contributed by atoms with van der Waals surface area (Å²) in [4.78, 5) is 27.8. The lowest BCUT2D eigenvalue weighted by Gasteiger charge is -2.36. The molecule has 0 aromatic heterocycles. The average Bonchev–Trinajstić information content (AvgIpc) is 2.48. The van der Waals surface area contributed by atoms with Gasteiger partial charge in [-0.1, -0.05) is 0 Å². The summed E-state index contributed by atoms with van der Waals surface area (Å²) in [6.07, 6.45) is 4.93. The van der Waals surface area contributed by atoms with Gasteiger partial charge < -0.3 is 14.5 Å². The zero-order valence-corrected chi connectivity index (χ0v) is 11.8. The molecule has 0 unspecified atom stereocenters. The first kappa shape index (κ1) is 14.2. The fourth-order valence-electron chi connectivity index (χ4n) is 2.85. The van der Waals surface area contributed by atoms with E-state index in [1.165, 1.54) is 6.42 Å². The van der Waals surface area contributed by atoms with E-state index in [1.807, 2.05) is 16.7 Å². The van der Waals surface area contributed by atoms with Crippen molar-refractivity contribution in [2.75, 3.05) is 32.8 Å². The number of carbonyl (C=O) groups is 2. The second kappa shape index (κ2) is 6.78. The first-order chi connectivity index (χ1) is 9.22. The molecule has 2 aliphatic heterocycles. The Morgan fingerprint density at radius 2 is 1.58 bits per heavy atom. The van der Waals surface area contributed by atoms with Crippen LogP contribution < -0.4 is 0 Å². The molecule has 5 heteroatoms. The van der Waals surface area contributed by atoms with Crippen LogP contribution in [-0.2, 0) is 9.53 Å². The lowest BCUT2D eigenvalue weighted by atomic mass is 9.97. The highest BCUT2D eigenvalue weighted by Crippen LogP contribution is 2.21. The molecule has 2 amide bonds. The number of hydrogen-bond acceptors (Lipinski definition) is 3. The van der Waals surface area contributed by atoms with Crippen molar-refractivity contribution < 1.29 is 14.3 Å². The smallest absolute Gasteiger partial charge is 0.319 e. The molecule has 2 rings (SSSR count). The number of amides is 2. The van der Waals surface area contributed by atoms with Gasteiger partial charge in [-0.25, -0.2) is 4.79 Å². The van der Waals surface area contributed by atoms with E-state index < -0.39 is 0 Å². The van der Waals surface area contributed by atoms with Gasteiger partial charge in [0.05, 0.1) is 12.5 Å². The summed E-state index contributed by atoms with van der Waals surface area (Å²) >= 11 is 0. The third-order valence-electron chi connectivity index (χ3n) is 4.01. The maximum absolute atomic E-state index is 12.3. The summed E-state index contributed by atoms with van der Waals surface area (Å²) in [5, 5.41) is 0. The van der Waals surface area contributed by atoms with Crippen LogP contribution in [0.1, 0.15) is 39.0 Å². The van der Waals surface area contributed by atoms with Crippen LogP contribution in [0.5, 0.6) is 0 Å². The first-order valence-corrected chi connectivity index (χ1v) is 7.43. The summed E-state index contributed by atoms with van der Waals surface area (Å²) in [6.45, 7) is 5.39. The van der Waals surface area contributed by atoms with Crippen LogP contribution in [0.2, 0.25) is 0 Å². The van der Waals surface area contributed by atoms with Crippen LogP contribution in [0.4, 0.5) is 4.79 Å². The molecule has 2 heterocycles. The van der Waals surface area contributed by atoms with Crippen LogP contribution in [0.25, 0.3) is 0 Å². The molecule has 0 saturated carbocycles. The van der Waals surface area contributed by atoms with E-state index in [-0.39, 0.29) is 17.9 Å². The number of rotatable bonds is 2.